The van der Waals surface area contributed by atoms with Crippen molar-refractivity contribution in [2.24, 2.45) is 0 Å². The predicted octanol–water partition coefficient (Wildman–Crippen LogP) is 7.17. The summed E-state index contributed by atoms with van der Waals surface area (Å²) in [6.07, 6.45) is 27.0. The Morgan fingerprint density at radius 1 is 0.862 bits per heavy atom. The first-order chi connectivity index (χ1) is 14.0. The van der Waals surface area contributed by atoms with E-state index in [1.165, 1.54) is 6.08 Å². The van der Waals surface area contributed by atoms with Crippen LogP contribution in [0, 0.1) is 0 Å². The van der Waals surface area contributed by atoms with E-state index in [4.69, 9.17) is 9.84 Å². The molecule has 0 aliphatic rings. The summed E-state index contributed by atoms with van der Waals surface area (Å²) in [5, 5.41) is 8.42. The highest BCUT2D eigenvalue weighted by Crippen LogP contribution is 2.30. The first-order valence-electron chi connectivity index (χ1n) is 8.65. The second kappa shape index (κ2) is 15.3. The zero-order chi connectivity index (χ0) is 21.3. The van der Waals surface area contributed by atoms with E-state index in [0.29, 0.717) is 0 Å². The average Bonchev–Trinajstić information content (AvgIpc) is 2.70. The molecule has 1 aromatic carbocycles. The van der Waals surface area contributed by atoms with Crippen LogP contribution in [0.25, 0.3) is 4.48 Å². The van der Waals surface area contributed by atoms with Crippen LogP contribution in [0.15, 0.2) is 114 Å². The first-order valence-corrected chi connectivity index (χ1v) is 10.2. The zero-order valence-electron chi connectivity index (χ0n) is 15.9. The van der Waals surface area contributed by atoms with E-state index in [1.807, 2.05) is 85.0 Å². The molecular formula is C24H22Br2O3. The summed E-state index contributed by atoms with van der Waals surface area (Å²) in [5.74, 6) is -0.170. The topological polar surface area (TPSA) is 46.5 Å². The van der Waals surface area contributed by atoms with Crippen molar-refractivity contribution in [3.8, 4) is 5.75 Å². The Labute approximate surface area is 188 Å². The fraction of sp³-hybridized carbons (Fsp3) is 0.0417. The molecule has 0 unspecified atom stereocenters. The van der Waals surface area contributed by atoms with Gasteiger partial charge >= 0.3 is 5.97 Å². The molecule has 0 aliphatic heterocycles. The Hall–Kier alpha value is -2.63. The molecule has 29 heavy (non-hydrogen) atoms. The molecule has 0 radical (unpaired) electrons. The number of carbonyl (C=O) groups is 1. The van der Waals surface area contributed by atoms with Crippen molar-refractivity contribution in [1.82, 2.24) is 0 Å². The minimum Gasteiger partial charge on any atom is -0.496 e. The molecule has 0 atom stereocenters. The van der Waals surface area contributed by atoms with Gasteiger partial charge < -0.3 is 9.84 Å². The molecule has 0 saturated carbocycles. The molecule has 3 nitrogen and oxygen atoms in total. The van der Waals surface area contributed by atoms with Gasteiger partial charge in [-0.3, -0.25) is 0 Å². The van der Waals surface area contributed by atoms with Crippen LogP contribution in [0.4, 0.5) is 0 Å². The van der Waals surface area contributed by atoms with E-state index in [9.17, 15) is 4.79 Å². The molecule has 5 heteroatoms. The van der Waals surface area contributed by atoms with Crippen molar-refractivity contribution in [3.05, 3.63) is 119 Å². The molecule has 0 spiro atoms. The number of benzene rings is 1. The van der Waals surface area contributed by atoms with Crippen LogP contribution >= 0.6 is 31.9 Å². The summed E-state index contributed by atoms with van der Waals surface area (Å²) in [5.41, 5.74) is 1.03. The van der Waals surface area contributed by atoms with Crippen LogP contribution in [-0.4, -0.2) is 18.2 Å². The molecule has 0 aromatic heterocycles. The number of hydrogen-bond acceptors (Lipinski definition) is 2. The van der Waals surface area contributed by atoms with Crippen LogP contribution in [0.1, 0.15) is 5.56 Å². The van der Waals surface area contributed by atoms with Crippen molar-refractivity contribution in [3.63, 3.8) is 0 Å². The number of ether oxygens (including phenoxy) is 1. The van der Waals surface area contributed by atoms with Gasteiger partial charge in [-0.15, -0.1) is 0 Å². The minimum absolute atomic E-state index is 0.788. The molecule has 0 aliphatic carbocycles. The van der Waals surface area contributed by atoms with Crippen molar-refractivity contribution >= 4 is 42.3 Å². The minimum atomic E-state index is -0.958. The molecule has 1 N–H and O–H groups in total. The monoisotopic (exact) mass is 516 g/mol. The second-order valence-corrected chi connectivity index (χ2v) is 7.08. The number of halogens is 2. The maximum absolute atomic E-state index is 10.3. The molecule has 0 bridgehead atoms. The predicted molar refractivity (Wildman–Crippen MR) is 129 cm³/mol. The largest absolute Gasteiger partial charge is 0.496 e. The van der Waals surface area contributed by atoms with Gasteiger partial charge in [-0.25, -0.2) is 4.79 Å². The molecule has 0 saturated heterocycles. The van der Waals surface area contributed by atoms with Crippen molar-refractivity contribution in [2.45, 2.75) is 0 Å². The molecular weight excluding hydrogens is 496 g/mol. The highest BCUT2D eigenvalue weighted by atomic mass is 79.9. The van der Waals surface area contributed by atoms with Gasteiger partial charge in [0.15, 0.2) is 0 Å². The lowest BCUT2D eigenvalue weighted by molar-refractivity contribution is -0.131. The van der Waals surface area contributed by atoms with Crippen molar-refractivity contribution in [2.75, 3.05) is 7.11 Å². The number of allylic oxidation sites excluding steroid dienone is 14. The van der Waals surface area contributed by atoms with E-state index < -0.39 is 5.97 Å². The molecule has 0 amide bonds. The number of rotatable bonds is 10. The Morgan fingerprint density at radius 2 is 1.34 bits per heavy atom. The van der Waals surface area contributed by atoms with Gasteiger partial charge in [0.1, 0.15) is 5.75 Å². The zero-order valence-corrected chi connectivity index (χ0v) is 19.1. The van der Waals surface area contributed by atoms with E-state index in [0.717, 1.165) is 26.3 Å². The van der Waals surface area contributed by atoms with E-state index >= 15 is 0 Å². The molecule has 150 valence electrons. The Balaban J connectivity index is 2.42. The summed E-state index contributed by atoms with van der Waals surface area (Å²) >= 11 is 7.01. The molecule has 1 aromatic rings. The standard InChI is InChI=1S/C24H22Br2O3/c1-29-23-19-20(17-18-22(23)26)21(25)15-13-11-9-7-5-3-2-4-6-8-10-12-14-16-24(27)28/h2-19H,1H3,(H,27,28). The van der Waals surface area contributed by atoms with Crippen molar-refractivity contribution in [1.29, 1.82) is 0 Å². The highest BCUT2D eigenvalue weighted by Gasteiger charge is 2.03. The van der Waals surface area contributed by atoms with Gasteiger partial charge in [0.05, 0.1) is 11.6 Å². The van der Waals surface area contributed by atoms with Crippen LogP contribution < -0.4 is 4.74 Å². The number of carboxylic acid groups (broad SMARTS) is 1. The van der Waals surface area contributed by atoms with Crippen molar-refractivity contribution < 1.29 is 14.6 Å². The summed E-state index contributed by atoms with van der Waals surface area (Å²) < 4.78 is 7.19. The summed E-state index contributed by atoms with van der Waals surface area (Å²) in [6, 6.07) is 5.91. The maximum atomic E-state index is 10.3. The molecule has 1 rings (SSSR count). The van der Waals surface area contributed by atoms with E-state index in [-0.39, 0.29) is 0 Å². The van der Waals surface area contributed by atoms with Crippen LogP contribution in [0.5, 0.6) is 5.75 Å². The quantitative estimate of drug-likeness (QED) is 0.264. The summed E-state index contributed by atoms with van der Waals surface area (Å²) in [7, 11) is 1.64. The van der Waals surface area contributed by atoms with Gasteiger partial charge in [0.2, 0.25) is 0 Å². The summed E-state index contributed by atoms with van der Waals surface area (Å²) in [4.78, 5) is 10.3. The number of carboxylic acids is 1. The third kappa shape index (κ3) is 11.7. The van der Waals surface area contributed by atoms with Crippen LogP contribution in [0.2, 0.25) is 0 Å². The first kappa shape index (κ1) is 24.4. The number of aliphatic carboxylic acids is 1. The fourth-order valence-electron chi connectivity index (χ4n) is 1.89. The SMILES string of the molecule is COc1cc(C(Br)=CC=CC=CC=CC=CC=CC=CC=CC(=O)O)ccc1Br. The normalized spacial score (nSPS) is 13.6. The van der Waals surface area contributed by atoms with Crippen LogP contribution in [0.3, 0.4) is 0 Å². The maximum Gasteiger partial charge on any atom is 0.328 e. The summed E-state index contributed by atoms with van der Waals surface area (Å²) in [6.45, 7) is 0. The van der Waals surface area contributed by atoms with Gasteiger partial charge in [-0.1, -0.05) is 101 Å². The third-order valence-electron chi connectivity index (χ3n) is 3.24. The molecule has 0 fully saturated rings. The lowest BCUT2D eigenvalue weighted by Crippen LogP contribution is -1.86. The highest BCUT2D eigenvalue weighted by molar-refractivity contribution is 9.15. The number of methoxy groups -OCH3 is 1. The van der Waals surface area contributed by atoms with Gasteiger partial charge in [-0.05, 0) is 39.7 Å². The Kier molecular flexibility index (Phi) is 12.9. The Morgan fingerprint density at radius 3 is 1.83 bits per heavy atom. The van der Waals surface area contributed by atoms with Gasteiger partial charge in [-0.2, -0.15) is 0 Å². The average molecular weight is 518 g/mol. The van der Waals surface area contributed by atoms with E-state index in [2.05, 4.69) is 31.9 Å². The van der Waals surface area contributed by atoms with E-state index in [1.54, 1.807) is 19.3 Å². The van der Waals surface area contributed by atoms with Crippen LogP contribution in [-0.2, 0) is 4.79 Å². The lowest BCUT2D eigenvalue weighted by atomic mass is 10.2. The third-order valence-corrected chi connectivity index (χ3v) is 4.62. The number of hydrogen-bond donors (Lipinski definition) is 1. The fourth-order valence-corrected chi connectivity index (χ4v) is 2.70. The second-order valence-electron chi connectivity index (χ2n) is 5.37. The molecule has 0 heterocycles. The lowest BCUT2D eigenvalue weighted by Gasteiger charge is -2.05. The van der Waals surface area contributed by atoms with Gasteiger partial charge in [0, 0.05) is 10.6 Å². The van der Waals surface area contributed by atoms with Gasteiger partial charge in [0.25, 0.3) is 0 Å². The smallest absolute Gasteiger partial charge is 0.328 e. The Bertz CT molecular complexity index is 899.